The van der Waals surface area contributed by atoms with E-state index in [9.17, 15) is 0 Å². The van der Waals surface area contributed by atoms with E-state index >= 15 is 0 Å². The van der Waals surface area contributed by atoms with Gasteiger partial charge in [0.2, 0.25) is 0 Å². The van der Waals surface area contributed by atoms with Crippen molar-refractivity contribution in [3.8, 4) is 0 Å². The molecule has 0 spiro atoms. The molecule has 1 aliphatic rings. The first-order chi connectivity index (χ1) is 9.38. The van der Waals surface area contributed by atoms with Crippen LogP contribution in [0.4, 0.5) is 0 Å². The van der Waals surface area contributed by atoms with Gasteiger partial charge in [0.25, 0.3) is 0 Å². The third-order valence-corrected chi connectivity index (χ3v) is 3.38. The Balaban J connectivity index is 1.79. The van der Waals surface area contributed by atoms with Crippen LogP contribution >= 0.6 is 0 Å². The molecule has 2 unspecified atom stereocenters. The zero-order chi connectivity index (χ0) is 13.1. The van der Waals surface area contributed by atoms with E-state index in [1.54, 1.807) is 0 Å². The summed E-state index contributed by atoms with van der Waals surface area (Å²) in [6, 6.07) is 18.1. The van der Waals surface area contributed by atoms with Crippen LogP contribution in [0.3, 0.4) is 0 Å². The molecule has 0 radical (unpaired) electrons. The second-order valence-electron chi connectivity index (χ2n) is 4.60. The molecule has 19 heavy (non-hydrogen) atoms. The monoisotopic (exact) mass is 255 g/mol. The van der Waals surface area contributed by atoms with Crippen molar-refractivity contribution in [3.05, 3.63) is 71.3 Å². The molecule has 2 aromatic rings. The highest BCUT2D eigenvalue weighted by molar-refractivity contribution is 5.30. The van der Waals surface area contributed by atoms with Crippen LogP contribution in [-0.2, 0) is 16.0 Å². The number of rotatable bonds is 3. The molecule has 98 valence electrons. The zero-order valence-electron chi connectivity index (χ0n) is 10.7. The van der Waals surface area contributed by atoms with Crippen LogP contribution in [0.15, 0.2) is 54.6 Å². The Labute approximate surface area is 113 Å². The standard InChI is InChI=1S/C16H17NO2/c17-10-13-8-4-5-9-14(13)15-11-18-16(19-15)12-6-2-1-3-7-12/h1-9,15-16H,10-11,17H2. The van der Waals surface area contributed by atoms with Crippen molar-refractivity contribution in [1.29, 1.82) is 0 Å². The fourth-order valence-corrected chi connectivity index (χ4v) is 2.38. The minimum atomic E-state index is -0.281. The molecule has 0 aliphatic carbocycles. The third-order valence-electron chi connectivity index (χ3n) is 3.38. The molecular formula is C16H17NO2. The maximum atomic E-state index is 6.00. The van der Waals surface area contributed by atoms with Crippen LogP contribution in [0, 0.1) is 0 Å². The van der Waals surface area contributed by atoms with Crippen molar-refractivity contribution < 1.29 is 9.47 Å². The summed E-state index contributed by atoms with van der Waals surface area (Å²) in [5.74, 6) is 0. The van der Waals surface area contributed by atoms with Gasteiger partial charge in [0.05, 0.1) is 6.61 Å². The summed E-state index contributed by atoms with van der Waals surface area (Å²) in [5.41, 5.74) is 9.06. The molecule has 0 amide bonds. The normalized spacial score (nSPS) is 22.6. The van der Waals surface area contributed by atoms with Crippen LogP contribution in [0.5, 0.6) is 0 Å². The van der Waals surface area contributed by atoms with Crippen molar-refractivity contribution in [1.82, 2.24) is 0 Å². The maximum absolute atomic E-state index is 6.00. The molecule has 0 saturated carbocycles. The van der Waals surface area contributed by atoms with E-state index in [1.807, 2.05) is 48.5 Å². The first-order valence-corrected chi connectivity index (χ1v) is 6.48. The lowest BCUT2D eigenvalue weighted by Crippen LogP contribution is -2.07. The summed E-state index contributed by atoms with van der Waals surface area (Å²) in [7, 11) is 0. The average Bonchev–Trinajstić information content (AvgIpc) is 2.98. The molecule has 1 fully saturated rings. The van der Waals surface area contributed by atoms with Crippen LogP contribution in [-0.4, -0.2) is 6.61 Å². The minimum absolute atomic E-state index is 0.0371. The molecule has 3 rings (SSSR count). The van der Waals surface area contributed by atoms with E-state index in [1.165, 1.54) is 0 Å². The second kappa shape index (κ2) is 5.53. The highest BCUT2D eigenvalue weighted by Gasteiger charge is 2.29. The Morgan fingerprint density at radius 2 is 1.74 bits per heavy atom. The molecule has 0 bridgehead atoms. The van der Waals surface area contributed by atoms with E-state index in [-0.39, 0.29) is 12.4 Å². The highest BCUT2D eigenvalue weighted by atomic mass is 16.7. The number of hydrogen-bond donors (Lipinski definition) is 1. The third kappa shape index (κ3) is 2.54. The second-order valence-corrected chi connectivity index (χ2v) is 4.60. The van der Waals surface area contributed by atoms with Gasteiger partial charge in [0, 0.05) is 12.1 Å². The van der Waals surface area contributed by atoms with Gasteiger partial charge in [-0.2, -0.15) is 0 Å². The quantitative estimate of drug-likeness (QED) is 0.917. The first kappa shape index (κ1) is 12.4. The lowest BCUT2D eigenvalue weighted by Gasteiger charge is -2.14. The van der Waals surface area contributed by atoms with Gasteiger partial charge in [-0.3, -0.25) is 0 Å². The van der Waals surface area contributed by atoms with Crippen LogP contribution < -0.4 is 5.73 Å². The van der Waals surface area contributed by atoms with Crippen molar-refractivity contribution in [2.45, 2.75) is 18.9 Å². The predicted octanol–water partition coefficient (Wildman–Crippen LogP) is 2.93. The summed E-state index contributed by atoms with van der Waals surface area (Å²) in [6.45, 7) is 1.09. The van der Waals surface area contributed by atoms with Gasteiger partial charge in [-0.05, 0) is 11.1 Å². The molecule has 2 aromatic carbocycles. The molecule has 1 heterocycles. The van der Waals surface area contributed by atoms with Gasteiger partial charge < -0.3 is 15.2 Å². The SMILES string of the molecule is NCc1ccccc1C1COC(c2ccccc2)O1. The van der Waals surface area contributed by atoms with Gasteiger partial charge in [-0.25, -0.2) is 0 Å². The van der Waals surface area contributed by atoms with Crippen molar-refractivity contribution in [3.63, 3.8) is 0 Å². The van der Waals surface area contributed by atoms with Crippen molar-refractivity contribution in [2.24, 2.45) is 5.73 Å². The van der Waals surface area contributed by atoms with Crippen LogP contribution in [0.2, 0.25) is 0 Å². The van der Waals surface area contributed by atoms with Gasteiger partial charge >= 0.3 is 0 Å². The maximum Gasteiger partial charge on any atom is 0.184 e. The van der Waals surface area contributed by atoms with E-state index in [0.29, 0.717) is 13.2 Å². The van der Waals surface area contributed by atoms with Crippen LogP contribution in [0.1, 0.15) is 29.1 Å². The summed E-state index contributed by atoms with van der Waals surface area (Å²) in [5, 5.41) is 0. The van der Waals surface area contributed by atoms with Crippen LogP contribution in [0.25, 0.3) is 0 Å². The molecule has 2 atom stereocenters. The molecule has 3 nitrogen and oxygen atoms in total. The fourth-order valence-electron chi connectivity index (χ4n) is 2.38. The predicted molar refractivity (Wildman–Crippen MR) is 73.3 cm³/mol. The zero-order valence-corrected chi connectivity index (χ0v) is 10.7. The molecule has 2 N–H and O–H groups in total. The summed E-state index contributed by atoms with van der Waals surface area (Å²) < 4.78 is 11.7. The average molecular weight is 255 g/mol. The summed E-state index contributed by atoms with van der Waals surface area (Å²) in [6.07, 6.45) is -0.318. The first-order valence-electron chi connectivity index (χ1n) is 6.48. The summed E-state index contributed by atoms with van der Waals surface area (Å²) >= 11 is 0. The molecule has 3 heteroatoms. The van der Waals surface area contributed by atoms with Crippen molar-refractivity contribution in [2.75, 3.05) is 6.61 Å². The van der Waals surface area contributed by atoms with Crippen molar-refractivity contribution >= 4 is 0 Å². The molecule has 1 aliphatic heterocycles. The largest absolute Gasteiger partial charge is 0.345 e. The Bertz CT molecular complexity index is 541. The van der Waals surface area contributed by atoms with E-state index in [2.05, 4.69) is 6.07 Å². The molecular weight excluding hydrogens is 238 g/mol. The number of nitrogens with two attached hydrogens (primary N) is 1. The topological polar surface area (TPSA) is 44.5 Å². The number of benzene rings is 2. The van der Waals surface area contributed by atoms with E-state index < -0.39 is 0 Å². The highest BCUT2D eigenvalue weighted by Crippen LogP contribution is 2.36. The smallest absolute Gasteiger partial charge is 0.184 e. The minimum Gasteiger partial charge on any atom is -0.345 e. The lowest BCUT2D eigenvalue weighted by molar-refractivity contribution is -0.0608. The number of ether oxygens (including phenoxy) is 2. The Morgan fingerprint density at radius 1 is 1.00 bits per heavy atom. The lowest BCUT2D eigenvalue weighted by atomic mass is 10.0. The van der Waals surface area contributed by atoms with E-state index in [0.717, 1.165) is 16.7 Å². The summed E-state index contributed by atoms with van der Waals surface area (Å²) in [4.78, 5) is 0. The van der Waals surface area contributed by atoms with Gasteiger partial charge in [-0.1, -0.05) is 54.6 Å². The van der Waals surface area contributed by atoms with Gasteiger partial charge in [0.1, 0.15) is 6.10 Å². The van der Waals surface area contributed by atoms with Gasteiger partial charge in [0.15, 0.2) is 6.29 Å². The number of hydrogen-bond acceptors (Lipinski definition) is 3. The Kier molecular flexibility index (Phi) is 3.60. The fraction of sp³-hybridized carbons (Fsp3) is 0.250. The van der Waals surface area contributed by atoms with E-state index in [4.69, 9.17) is 15.2 Å². The Hall–Kier alpha value is -1.68. The molecule has 1 saturated heterocycles. The van der Waals surface area contributed by atoms with Gasteiger partial charge in [-0.15, -0.1) is 0 Å². The molecule has 0 aromatic heterocycles. The Morgan fingerprint density at radius 3 is 2.53 bits per heavy atom.